The van der Waals surface area contributed by atoms with Gasteiger partial charge in [0.1, 0.15) is 23.6 Å². The number of fused-ring (bicyclic) bond motifs is 4. The van der Waals surface area contributed by atoms with E-state index in [2.05, 4.69) is 27.2 Å². The van der Waals surface area contributed by atoms with Gasteiger partial charge in [0.25, 0.3) is 5.91 Å². The van der Waals surface area contributed by atoms with Crippen molar-refractivity contribution in [1.29, 1.82) is 0 Å². The van der Waals surface area contributed by atoms with E-state index < -0.39 is 12.3 Å². The molecule has 3 unspecified atom stereocenters. The second kappa shape index (κ2) is 12.8. The van der Waals surface area contributed by atoms with Crippen LogP contribution in [0.3, 0.4) is 0 Å². The lowest BCUT2D eigenvalue weighted by Crippen LogP contribution is -2.44. The number of nitrogens with zero attached hydrogens (tertiary/aromatic N) is 3. The van der Waals surface area contributed by atoms with E-state index in [0.717, 1.165) is 74.6 Å². The minimum absolute atomic E-state index is 0.0198. The molecule has 262 valence electrons. The summed E-state index contributed by atoms with van der Waals surface area (Å²) in [6, 6.07) is 14.2. The van der Waals surface area contributed by atoms with Crippen LogP contribution in [0.25, 0.3) is 15.7 Å². The number of benzene rings is 2. The Morgan fingerprint density at radius 2 is 2.04 bits per heavy atom. The van der Waals surface area contributed by atoms with Crippen LogP contribution in [0.2, 0.25) is 5.02 Å². The second-order valence-corrected chi connectivity index (χ2v) is 15.1. The van der Waals surface area contributed by atoms with Gasteiger partial charge in [0.15, 0.2) is 6.08 Å². The summed E-state index contributed by atoms with van der Waals surface area (Å²) in [4.78, 5) is 21.8. The second-order valence-electron chi connectivity index (χ2n) is 13.6. The Bertz CT molecular complexity index is 2170. The first-order valence-electron chi connectivity index (χ1n) is 17.3. The number of amides is 1. The van der Waals surface area contributed by atoms with E-state index >= 15 is 0 Å². The largest absolute Gasteiger partial charge is 0.572 e. The smallest absolute Gasteiger partial charge is 0.256 e. The number of hydrogen-bond acceptors (Lipinski definition) is 10. The van der Waals surface area contributed by atoms with Crippen LogP contribution in [-0.2, 0) is 22.4 Å². The number of aryl methyl sites for hydroxylation is 1. The van der Waals surface area contributed by atoms with Crippen molar-refractivity contribution < 1.29 is 23.8 Å². The Morgan fingerprint density at radius 1 is 1.18 bits per heavy atom. The third-order valence-electron chi connectivity index (χ3n) is 10.8. The predicted octanol–water partition coefficient (Wildman–Crippen LogP) is 5.43. The number of carbonyl (C=O) groups excluding carboxylic acids is 1. The van der Waals surface area contributed by atoms with Gasteiger partial charge in [-0.3, -0.25) is 10.2 Å². The number of halogens is 2. The maximum Gasteiger partial charge on any atom is 0.256 e. The first kappa shape index (κ1) is 32.1. The minimum atomic E-state index is -0.859. The summed E-state index contributed by atoms with van der Waals surface area (Å²) in [5.41, 5.74) is 9.35. The molecule has 1 amide bonds. The lowest BCUT2D eigenvalue weighted by molar-refractivity contribution is -0.249. The maximum absolute atomic E-state index is 14.2. The molecule has 0 bridgehead atoms. The number of anilines is 1. The van der Waals surface area contributed by atoms with Crippen molar-refractivity contribution in [1.82, 2.24) is 20.6 Å². The molecular formula is C38H35ClFN6O4S-. The molecular weight excluding hydrogens is 691 g/mol. The molecule has 10 nitrogen and oxygen atoms in total. The van der Waals surface area contributed by atoms with Gasteiger partial charge in [-0.2, -0.15) is 5.10 Å². The lowest BCUT2D eigenvalue weighted by Gasteiger charge is -2.36. The van der Waals surface area contributed by atoms with Gasteiger partial charge in [0.05, 0.1) is 29.5 Å². The number of dihydropyridines is 1. The number of rotatable bonds is 9. The van der Waals surface area contributed by atoms with E-state index in [0.29, 0.717) is 36.5 Å². The molecule has 0 spiro atoms. The molecule has 4 atom stereocenters. The number of methoxy groups -OCH3 is 1. The Morgan fingerprint density at radius 3 is 2.84 bits per heavy atom. The van der Waals surface area contributed by atoms with Gasteiger partial charge < -0.3 is 30.1 Å². The van der Waals surface area contributed by atoms with Crippen molar-refractivity contribution in [2.45, 2.75) is 62.8 Å². The average Bonchev–Trinajstić information content (AvgIpc) is 3.97. The summed E-state index contributed by atoms with van der Waals surface area (Å²) in [7, 11) is 1.68. The fourth-order valence-corrected chi connectivity index (χ4v) is 9.87. The number of nitrogens with one attached hydrogen (secondary N) is 3. The molecule has 3 N–H and O–H groups in total. The van der Waals surface area contributed by atoms with Crippen LogP contribution in [0, 0.1) is 5.82 Å². The fourth-order valence-electron chi connectivity index (χ4n) is 8.46. The minimum Gasteiger partial charge on any atom is -0.572 e. The summed E-state index contributed by atoms with van der Waals surface area (Å²) in [6.45, 7) is 1.37. The van der Waals surface area contributed by atoms with E-state index in [9.17, 15) is 14.3 Å². The third-order valence-corrected chi connectivity index (χ3v) is 12.2. The first-order valence-corrected chi connectivity index (χ1v) is 18.5. The molecule has 0 radical (unpaired) electrons. The van der Waals surface area contributed by atoms with Crippen LogP contribution < -0.4 is 25.9 Å². The number of ether oxygens (including phenoxy) is 2. The molecule has 2 aromatic carbocycles. The number of thiophene rings is 1. The molecule has 1 fully saturated rings. The van der Waals surface area contributed by atoms with Gasteiger partial charge in [0, 0.05) is 46.4 Å². The highest BCUT2D eigenvalue weighted by molar-refractivity contribution is 7.20. The zero-order chi connectivity index (χ0) is 34.8. The van der Waals surface area contributed by atoms with Gasteiger partial charge in [-0.25, -0.2) is 9.37 Å². The van der Waals surface area contributed by atoms with Crippen LogP contribution in [0.1, 0.15) is 53.2 Å². The van der Waals surface area contributed by atoms with Crippen LogP contribution in [0.5, 0.6) is 5.75 Å². The zero-order valence-electron chi connectivity index (χ0n) is 27.8. The number of pyridine rings is 1. The summed E-state index contributed by atoms with van der Waals surface area (Å²) in [5.74, 6) is 1.54. The highest BCUT2D eigenvalue weighted by Gasteiger charge is 2.48. The number of hydrazone groups is 1. The molecule has 9 rings (SSSR count). The van der Waals surface area contributed by atoms with E-state index in [-0.39, 0.29) is 29.7 Å². The fraction of sp³-hybridized carbons (Fsp3) is 0.342. The van der Waals surface area contributed by atoms with Crippen molar-refractivity contribution in [3.63, 3.8) is 0 Å². The first-order chi connectivity index (χ1) is 24.9. The summed E-state index contributed by atoms with van der Waals surface area (Å²) >= 11 is 8.03. The Kier molecular flexibility index (Phi) is 8.03. The number of aromatic nitrogens is 1. The topological polar surface area (TPSA) is 123 Å². The van der Waals surface area contributed by atoms with Crippen LogP contribution in [-0.4, -0.2) is 60.4 Å². The van der Waals surface area contributed by atoms with Crippen molar-refractivity contribution in [2.24, 2.45) is 5.10 Å². The van der Waals surface area contributed by atoms with Gasteiger partial charge in [0.2, 0.25) is 0 Å². The van der Waals surface area contributed by atoms with E-state index in [1.807, 2.05) is 23.1 Å². The molecule has 0 saturated carbocycles. The SMILES string of the molecule is COc1cc(Cl)cc2c1CCC2CNc1nccc2cc(C3=C(C4NN=C([O-])O4)C(CCc4ccc(F)cc4)NC4=C3C(=O)N3CCC[C@@H]43)sc12. The number of hydrogen-bond donors (Lipinski definition) is 3. The van der Waals surface area contributed by atoms with Crippen molar-refractivity contribution >= 4 is 56.4 Å². The molecule has 6 heterocycles. The molecule has 51 heavy (non-hydrogen) atoms. The molecule has 13 heteroatoms. The van der Waals surface area contributed by atoms with E-state index in [4.69, 9.17) is 26.1 Å². The maximum atomic E-state index is 14.2. The summed E-state index contributed by atoms with van der Waals surface area (Å²) in [6.07, 6.45) is 5.21. The van der Waals surface area contributed by atoms with Crippen LogP contribution >= 0.6 is 22.9 Å². The van der Waals surface area contributed by atoms with Gasteiger partial charge in [-0.1, -0.05) is 23.7 Å². The van der Waals surface area contributed by atoms with Crippen molar-refractivity contribution in [3.05, 3.63) is 104 Å². The molecule has 4 aliphatic heterocycles. The number of carbonyl (C=O) groups is 1. The van der Waals surface area contributed by atoms with Gasteiger partial charge in [-0.15, -0.1) is 11.3 Å². The lowest BCUT2D eigenvalue weighted by atomic mass is 9.84. The standard InChI is InChI=1S/C38H36ClFN6O4S/c1-49-28-17-22(39)16-25-21(7-10-24(25)28)18-42-35-34-20(12-13-41-35)15-29(51-34)31-30(36-44-45-38(48)50-36)26(11-6-19-4-8-23(40)9-5-19)43-33-27-3-2-14-46(27)37(47)32(31)33/h4-5,8-9,12-13,15-17,21,26-27,36,43-44H,2-3,6-7,10-11,14,18H2,1H3,(H,41,42)(H,45,48)/p-1/t21?,26?,27-,36?/m0/s1. The van der Waals surface area contributed by atoms with Crippen molar-refractivity contribution in [3.8, 4) is 5.75 Å². The molecule has 1 saturated heterocycles. The van der Waals surface area contributed by atoms with E-state index in [1.165, 1.54) is 23.3 Å². The average molecular weight is 726 g/mol. The molecule has 2 aromatic heterocycles. The van der Waals surface area contributed by atoms with Gasteiger partial charge >= 0.3 is 0 Å². The third kappa shape index (κ3) is 5.55. The highest BCUT2D eigenvalue weighted by atomic mass is 35.5. The van der Waals surface area contributed by atoms with Crippen LogP contribution in [0.4, 0.5) is 10.2 Å². The monoisotopic (exact) mass is 725 g/mol. The van der Waals surface area contributed by atoms with Crippen LogP contribution in [0.15, 0.2) is 76.7 Å². The Balaban J connectivity index is 1.11. The molecule has 5 aliphatic rings. The summed E-state index contributed by atoms with van der Waals surface area (Å²) in [5, 5.41) is 25.2. The quantitative estimate of drug-likeness (QED) is 0.209. The zero-order valence-corrected chi connectivity index (χ0v) is 29.4. The Labute approximate surface area is 303 Å². The van der Waals surface area contributed by atoms with Crippen molar-refractivity contribution in [2.75, 3.05) is 25.5 Å². The normalized spacial score (nSPS) is 23.5. The van der Waals surface area contributed by atoms with Gasteiger partial charge in [-0.05, 0) is 103 Å². The molecule has 1 aliphatic carbocycles. The van der Waals surface area contributed by atoms with E-state index in [1.54, 1.807) is 36.8 Å². The predicted molar refractivity (Wildman–Crippen MR) is 193 cm³/mol. The summed E-state index contributed by atoms with van der Waals surface area (Å²) < 4.78 is 26.0. The molecule has 4 aromatic rings. The highest BCUT2D eigenvalue weighted by Crippen LogP contribution is 2.48. The Hall–Kier alpha value is -4.81.